The highest BCUT2D eigenvalue weighted by Gasteiger charge is 2.30. The number of amidine groups is 1. The Morgan fingerprint density at radius 3 is 2.68 bits per heavy atom. The van der Waals surface area contributed by atoms with Crippen LogP contribution in [0, 0.1) is 18.2 Å². The highest BCUT2D eigenvalue weighted by atomic mass is 32.2. The maximum atomic E-state index is 13.0. The Hall–Kier alpha value is -3.24. The van der Waals surface area contributed by atoms with Gasteiger partial charge in [0.2, 0.25) is 0 Å². The first-order valence-corrected chi connectivity index (χ1v) is 9.09. The van der Waals surface area contributed by atoms with Gasteiger partial charge in [-0.2, -0.15) is 0 Å². The molecule has 0 saturated carbocycles. The van der Waals surface area contributed by atoms with Crippen LogP contribution in [0.25, 0.3) is 6.08 Å². The molecule has 2 aromatic carbocycles. The number of thioether (sulfide) groups is 1. The molecule has 0 aromatic heterocycles. The second kappa shape index (κ2) is 8.63. The number of ether oxygens (including phenoxy) is 2. The summed E-state index contributed by atoms with van der Waals surface area (Å²) in [5, 5.41) is 0.517. The summed E-state index contributed by atoms with van der Waals surface area (Å²) in [5.74, 6) is 2.95. The highest BCUT2D eigenvalue weighted by Crippen LogP contribution is 2.35. The van der Waals surface area contributed by atoms with Crippen molar-refractivity contribution in [3.63, 3.8) is 0 Å². The Bertz CT molecular complexity index is 994. The molecule has 7 heteroatoms. The number of rotatable bonds is 5. The van der Waals surface area contributed by atoms with Gasteiger partial charge in [0.1, 0.15) is 12.4 Å². The zero-order chi connectivity index (χ0) is 20.1. The maximum absolute atomic E-state index is 13.0. The second-order valence-electron chi connectivity index (χ2n) is 5.75. The lowest BCUT2D eigenvalue weighted by Crippen LogP contribution is -2.23. The fourth-order valence-electron chi connectivity index (χ4n) is 2.44. The average Bonchev–Trinajstić information content (AvgIpc) is 2.96. The molecular weight excluding hydrogens is 379 g/mol. The number of halogens is 1. The summed E-state index contributed by atoms with van der Waals surface area (Å²) < 4.78 is 23.8. The SMILES string of the molecule is C#CCOc1ccc(/C=C2/SC(=Nc3ccc(F)cc3)N(C)C2=O)cc1OC. The normalized spacial score (nSPS) is 16.5. The van der Waals surface area contributed by atoms with Crippen molar-refractivity contribution >= 4 is 34.6 Å². The molecule has 5 nitrogen and oxygen atoms in total. The largest absolute Gasteiger partial charge is 0.493 e. The molecule has 28 heavy (non-hydrogen) atoms. The second-order valence-corrected chi connectivity index (χ2v) is 6.76. The van der Waals surface area contributed by atoms with E-state index >= 15 is 0 Å². The molecule has 1 heterocycles. The smallest absolute Gasteiger partial charge is 0.266 e. The minimum Gasteiger partial charge on any atom is -0.493 e. The van der Waals surface area contributed by atoms with Gasteiger partial charge in [0.25, 0.3) is 5.91 Å². The molecule has 1 amide bonds. The van der Waals surface area contributed by atoms with Crippen molar-refractivity contribution < 1.29 is 18.7 Å². The van der Waals surface area contributed by atoms with Crippen LogP contribution in [0.4, 0.5) is 10.1 Å². The van der Waals surface area contributed by atoms with Crippen LogP contribution in [0.15, 0.2) is 52.4 Å². The van der Waals surface area contributed by atoms with Crippen LogP contribution in [0.5, 0.6) is 11.5 Å². The van der Waals surface area contributed by atoms with E-state index in [-0.39, 0.29) is 18.3 Å². The summed E-state index contributed by atoms with van der Waals surface area (Å²) in [5.41, 5.74) is 1.35. The molecule has 0 spiro atoms. The van der Waals surface area contributed by atoms with E-state index < -0.39 is 0 Å². The summed E-state index contributed by atoms with van der Waals surface area (Å²) in [6.45, 7) is 0.138. The Balaban J connectivity index is 1.85. The lowest BCUT2D eigenvalue weighted by molar-refractivity contribution is -0.121. The van der Waals surface area contributed by atoms with Crippen LogP contribution in [-0.2, 0) is 4.79 Å². The first-order valence-electron chi connectivity index (χ1n) is 8.28. The number of aliphatic imine (C=N–C) groups is 1. The van der Waals surface area contributed by atoms with Gasteiger partial charge in [0.15, 0.2) is 16.7 Å². The molecule has 0 N–H and O–H groups in total. The zero-order valence-electron chi connectivity index (χ0n) is 15.3. The number of carbonyl (C=O) groups excluding carboxylic acids is 1. The van der Waals surface area contributed by atoms with Crippen molar-refractivity contribution in [2.45, 2.75) is 0 Å². The summed E-state index contributed by atoms with van der Waals surface area (Å²) in [7, 11) is 3.18. The van der Waals surface area contributed by atoms with Gasteiger partial charge in [-0.1, -0.05) is 12.0 Å². The molecule has 2 aromatic rings. The van der Waals surface area contributed by atoms with E-state index in [2.05, 4.69) is 10.9 Å². The summed E-state index contributed by atoms with van der Waals surface area (Å²) in [4.78, 5) is 18.9. The molecule has 0 radical (unpaired) electrons. The van der Waals surface area contributed by atoms with Crippen LogP contribution in [0.2, 0.25) is 0 Å². The first-order chi connectivity index (χ1) is 13.5. The number of hydrogen-bond donors (Lipinski definition) is 0. The quantitative estimate of drug-likeness (QED) is 0.565. The fourth-order valence-corrected chi connectivity index (χ4v) is 3.43. The lowest BCUT2D eigenvalue weighted by atomic mass is 10.2. The van der Waals surface area contributed by atoms with E-state index in [1.54, 1.807) is 37.4 Å². The van der Waals surface area contributed by atoms with Crippen molar-refractivity contribution in [3.05, 3.63) is 58.8 Å². The van der Waals surface area contributed by atoms with E-state index in [0.717, 1.165) is 5.56 Å². The molecule has 0 atom stereocenters. The number of amides is 1. The predicted octanol–water partition coefficient (Wildman–Crippen LogP) is 4.08. The van der Waals surface area contributed by atoms with Gasteiger partial charge in [-0.15, -0.1) is 6.42 Å². The molecule has 0 bridgehead atoms. The van der Waals surface area contributed by atoms with E-state index in [4.69, 9.17) is 15.9 Å². The third-order valence-corrected chi connectivity index (χ3v) is 4.91. The van der Waals surface area contributed by atoms with Crippen molar-refractivity contribution in [2.75, 3.05) is 20.8 Å². The standard InChI is InChI=1S/C21H17FN2O3S/c1-4-11-27-17-10-5-14(12-18(17)26-3)13-19-20(25)24(2)21(28-19)23-16-8-6-15(22)7-9-16/h1,5-10,12-13H,11H2,2-3H3/b19-13+,23-21?. The molecule has 1 aliphatic heterocycles. The first kappa shape index (κ1) is 19.5. The van der Waals surface area contributed by atoms with Gasteiger partial charge < -0.3 is 9.47 Å². The van der Waals surface area contributed by atoms with Gasteiger partial charge in [-0.3, -0.25) is 9.69 Å². The Kier molecular flexibility index (Phi) is 6.02. The molecule has 1 saturated heterocycles. The van der Waals surface area contributed by atoms with Gasteiger partial charge in [0.05, 0.1) is 17.7 Å². The predicted molar refractivity (Wildman–Crippen MR) is 109 cm³/mol. The van der Waals surface area contributed by atoms with Crippen LogP contribution < -0.4 is 9.47 Å². The third-order valence-electron chi connectivity index (χ3n) is 3.85. The fraction of sp³-hybridized carbons (Fsp3) is 0.143. The minimum atomic E-state index is -0.336. The van der Waals surface area contributed by atoms with E-state index in [0.29, 0.717) is 27.3 Å². The number of hydrogen-bond acceptors (Lipinski definition) is 5. The summed E-state index contributed by atoms with van der Waals surface area (Å²) in [6, 6.07) is 11.1. The van der Waals surface area contributed by atoms with E-state index in [1.807, 2.05) is 6.07 Å². The number of benzene rings is 2. The molecule has 1 fully saturated rings. The zero-order valence-corrected chi connectivity index (χ0v) is 16.1. The van der Waals surface area contributed by atoms with Crippen LogP contribution in [0.3, 0.4) is 0 Å². The number of terminal acetylenes is 1. The van der Waals surface area contributed by atoms with Gasteiger partial charge >= 0.3 is 0 Å². The Labute approximate surface area is 166 Å². The topological polar surface area (TPSA) is 51.1 Å². The minimum absolute atomic E-state index is 0.138. The molecule has 3 rings (SSSR count). The van der Waals surface area contributed by atoms with Crippen molar-refractivity contribution in [3.8, 4) is 23.8 Å². The number of methoxy groups -OCH3 is 1. The molecule has 1 aliphatic rings. The maximum Gasteiger partial charge on any atom is 0.266 e. The molecule has 142 valence electrons. The Morgan fingerprint density at radius 1 is 1.25 bits per heavy atom. The molecular formula is C21H17FN2O3S. The Morgan fingerprint density at radius 2 is 2.00 bits per heavy atom. The van der Waals surface area contributed by atoms with Crippen molar-refractivity contribution in [1.82, 2.24) is 4.90 Å². The van der Waals surface area contributed by atoms with E-state index in [9.17, 15) is 9.18 Å². The average molecular weight is 396 g/mol. The van der Waals surface area contributed by atoms with Gasteiger partial charge in [-0.25, -0.2) is 9.38 Å². The summed E-state index contributed by atoms with van der Waals surface area (Å²) >= 11 is 1.25. The molecule has 0 aliphatic carbocycles. The molecule has 0 unspecified atom stereocenters. The summed E-state index contributed by atoms with van der Waals surface area (Å²) in [6.07, 6.45) is 6.96. The van der Waals surface area contributed by atoms with Crippen molar-refractivity contribution in [1.29, 1.82) is 0 Å². The van der Waals surface area contributed by atoms with E-state index in [1.165, 1.54) is 35.9 Å². The number of nitrogens with zero attached hydrogens (tertiary/aromatic N) is 2. The lowest BCUT2D eigenvalue weighted by Gasteiger charge is -2.09. The van der Waals surface area contributed by atoms with Gasteiger partial charge in [-0.05, 0) is 59.8 Å². The highest BCUT2D eigenvalue weighted by molar-refractivity contribution is 8.18. The number of likely N-dealkylation sites (N-methyl/N-ethyl adjacent to an activating group) is 1. The third kappa shape index (κ3) is 4.35. The van der Waals surface area contributed by atoms with Crippen LogP contribution in [0.1, 0.15) is 5.56 Å². The van der Waals surface area contributed by atoms with Crippen LogP contribution in [-0.4, -0.2) is 36.7 Å². The van der Waals surface area contributed by atoms with Crippen molar-refractivity contribution in [2.24, 2.45) is 4.99 Å². The monoisotopic (exact) mass is 396 g/mol. The van der Waals surface area contributed by atoms with Crippen LogP contribution >= 0.6 is 11.8 Å². The number of carbonyl (C=O) groups is 1. The van der Waals surface area contributed by atoms with Gasteiger partial charge in [0, 0.05) is 7.05 Å².